The highest BCUT2D eigenvalue weighted by atomic mass is 16.5. The van der Waals surface area contributed by atoms with E-state index in [-0.39, 0.29) is 17.4 Å². The molecule has 3 atom stereocenters. The van der Waals surface area contributed by atoms with Crippen LogP contribution in [-0.4, -0.2) is 35.7 Å². The van der Waals surface area contributed by atoms with Gasteiger partial charge in [0.05, 0.1) is 29.3 Å². The summed E-state index contributed by atoms with van der Waals surface area (Å²) < 4.78 is 5.99. The number of fused-ring (bicyclic) bond motifs is 1. The predicted molar refractivity (Wildman–Crippen MR) is 119 cm³/mol. The first kappa shape index (κ1) is 22.5. The Bertz CT molecular complexity index is 927. The molecule has 3 rings (SSSR count). The van der Waals surface area contributed by atoms with Crippen LogP contribution in [-0.2, 0) is 16.0 Å². The quantitative estimate of drug-likeness (QED) is 0.454. The van der Waals surface area contributed by atoms with Gasteiger partial charge in [0.1, 0.15) is 17.8 Å². The molecule has 0 spiro atoms. The first-order chi connectivity index (χ1) is 15.0. The van der Waals surface area contributed by atoms with E-state index in [0.717, 1.165) is 19.3 Å². The number of hydrogen-bond donors (Lipinski definition) is 1. The maximum Gasteiger partial charge on any atom is 0.214 e. The van der Waals surface area contributed by atoms with E-state index in [9.17, 15) is 19.5 Å². The average molecular weight is 424 g/mol. The Hall–Kier alpha value is -3.15. The number of nitrogens with zero attached hydrogens (tertiary/aromatic N) is 1. The van der Waals surface area contributed by atoms with Crippen molar-refractivity contribution in [3.05, 3.63) is 53.6 Å². The number of amides is 1. The molecule has 1 heterocycles. The number of anilines is 1. The van der Waals surface area contributed by atoms with E-state index in [1.54, 1.807) is 6.07 Å². The summed E-state index contributed by atoms with van der Waals surface area (Å²) in [5, 5.41) is 10.5. The molecule has 1 amide bonds. The summed E-state index contributed by atoms with van der Waals surface area (Å²) in [4.78, 5) is 37.7. The molecular weight excluding hydrogens is 394 g/mol. The van der Waals surface area contributed by atoms with Crippen molar-refractivity contribution in [2.75, 3.05) is 4.90 Å². The molecule has 1 N–H and O–H groups in total. The second kappa shape index (κ2) is 10.2. The summed E-state index contributed by atoms with van der Waals surface area (Å²) in [5.74, 6) is -1.32. The first-order valence-corrected chi connectivity index (χ1v) is 10.8. The topological polar surface area (TPSA) is 83.9 Å². The monoisotopic (exact) mass is 423 g/mol. The third kappa shape index (κ3) is 4.95. The molecule has 0 bridgehead atoms. The number of ether oxygens (including phenoxy) is 1. The Morgan fingerprint density at radius 2 is 1.94 bits per heavy atom. The molecule has 2 aromatic rings. The molecule has 31 heavy (non-hydrogen) atoms. The Balaban J connectivity index is 1.77. The van der Waals surface area contributed by atoms with E-state index in [4.69, 9.17) is 4.74 Å². The molecule has 0 radical (unpaired) electrons. The van der Waals surface area contributed by atoms with Crippen LogP contribution >= 0.6 is 0 Å². The van der Waals surface area contributed by atoms with Crippen molar-refractivity contribution in [3.8, 4) is 11.5 Å². The number of phenols is 1. The van der Waals surface area contributed by atoms with Crippen molar-refractivity contribution in [3.63, 3.8) is 0 Å². The van der Waals surface area contributed by atoms with Crippen LogP contribution in [0.25, 0.3) is 0 Å². The molecule has 1 aliphatic heterocycles. The Labute approximate surface area is 182 Å². The molecule has 2 aromatic carbocycles. The first-order valence-electron chi connectivity index (χ1n) is 10.8. The summed E-state index contributed by atoms with van der Waals surface area (Å²) in [6.07, 6.45) is 5.00. The van der Waals surface area contributed by atoms with E-state index in [0.29, 0.717) is 37.0 Å². The third-order valence-corrected chi connectivity index (χ3v) is 5.77. The molecule has 0 saturated carbocycles. The summed E-state index contributed by atoms with van der Waals surface area (Å²) in [6, 6.07) is 12.7. The molecule has 0 fully saturated rings. The summed E-state index contributed by atoms with van der Waals surface area (Å²) >= 11 is 0. The van der Waals surface area contributed by atoms with Gasteiger partial charge in [0.25, 0.3) is 0 Å². The van der Waals surface area contributed by atoms with Crippen molar-refractivity contribution in [1.29, 1.82) is 0 Å². The maximum absolute atomic E-state index is 12.9. The van der Waals surface area contributed by atoms with Gasteiger partial charge in [-0.25, -0.2) is 0 Å². The zero-order chi connectivity index (χ0) is 22.4. The van der Waals surface area contributed by atoms with Gasteiger partial charge >= 0.3 is 0 Å². The van der Waals surface area contributed by atoms with Gasteiger partial charge in [0.2, 0.25) is 6.41 Å². The van der Waals surface area contributed by atoms with Crippen molar-refractivity contribution in [2.24, 2.45) is 5.92 Å². The van der Waals surface area contributed by atoms with Crippen LogP contribution in [0.1, 0.15) is 55.5 Å². The summed E-state index contributed by atoms with van der Waals surface area (Å²) in [6.45, 7) is 3.88. The average Bonchev–Trinajstić information content (AvgIpc) is 2.75. The van der Waals surface area contributed by atoms with Crippen LogP contribution in [0.15, 0.2) is 42.5 Å². The van der Waals surface area contributed by atoms with Gasteiger partial charge in [-0.05, 0) is 38.2 Å². The molecule has 3 unspecified atom stereocenters. The number of Topliss-reactive ketones (excluding diaryl/α,β-unsaturated/α-hetero) is 1. The van der Waals surface area contributed by atoms with E-state index in [1.807, 2.05) is 32.0 Å². The molecule has 164 valence electrons. The van der Waals surface area contributed by atoms with E-state index >= 15 is 0 Å². The third-order valence-electron chi connectivity index (χ3n) is 5.77. The standard InChI is InChI=1S/C25H29NO5/c1-3-8-21-20(15-27)25(30)24-22(26(21)16-28)13-19(14-23(24)29)31-17(2)9-7-12-18-10-5-4-6-11-18/h4-6,10-11,13-17,20-21,29H,3,7-9,12H2,1-2H3. The highest BCUT2D eigenvalue weighted by Crippen LogP contribution is 2.42. The number of ketones is 1. The molecule has 0 aliphatic carbocycles. The fraction of sp³-hybridized carbons (Fsp3) is 0.400. The zero-order valence-corrected chi connectivity index (χ0v) is 18.0. The van der Waals surface area contributed by atoms with Crippen LogP contribution in [0, 0.1) is 5.92 Å². The van der Waals surface area contributed by atoms with Gasteiger partial charge in [-0.15, -0.1) is 0 Å². The fourth-order valence-corrected chi connectivity index (χ4v) is 4.24. The van der Waals surface area contributed by atoms with Crippen LogP contribution in [0.4, 0.5) is 5.69 Å². The van der Waals surface area contributed by atoms with Gasteiger partial charge in [-0.1, -0.05) is 43.7 Å². The molecule has 1 aliphatic rings. The van der Waals surface area contributed by atoms with E-state index in [1.165, 1.54) is 16.5 Å². The number of aldehydes is 1. The molecule has 6 nitrogen and oxygen atoms in total. The lowest BCUT2D eigenvalue weighted by Gasteiger charge is -2.37. The number of carbonyl (C=O) groups is 3. The Morgan fingerprint density at radius 1 is 1.19 bits per heavy atom. The molecule has 0 saturated heterocycles. The second-order valence-electron chi connectivity index (χ2n) is 8.04. The van der Waals surface area contributed by atoms with Crippen LogP contribution in [0.3, 0.4) is 0 Å². The zero-order valence-electron chi connectivity index (χ0n) is 18.0. The van der Waals surface area contributed by atoms with Gasteiger partial charge < -0.3 is 19.5 Å². The van der Waals surface area contributed by atoms with Crippen LogP contribution in [0.5, 0.6) is 11.5 Å². The number of aryl methyl sites for hydroxylation is 1. The Kier molecular flexibility index (Phi) is 7.45. The lowest BCUT2D eigenvalue weighted by molar-refractivity contribution is -0.111. The molecular formula is C25H29NO5. The second-order valence-corrected chi connectivity index (χ2v) is 8.04. The summed E-state index contributed by atoms with van der Waals surface area (Å²) in [7, 11) is 0. The number of rotatable bonds is 10. The lowest BCUT2D eigenvalue weighted by Crippen LogP contribution is -2.48. The summed E-state index contributed by atoms with van der Waals surface area (Å²) in [5.41, 5.74) is 1.57. The number of aromatic hydroxyl groups is 1. The maximum atomic E-state index is 12.9. The lowest BCUT2D eigenvalue weighted by atomic mass is 9.83. The van der Waals surface area contributed by atoms with E-state index in [2.05, 4.69) is 12.1 Å². The largest absolute Gasteiger partial charge is 0.507 e. The van der Waals surface area contributed by atoms with Gasteiger partial charge in [0, 0.05) is 12.1 Å². The highest BCUT2D eigenvalue weighted by molar-refractivity contribution is 6.15. The van der Waals surface area contributed by atoms with Crippen molar-refractivity contribution in [2.45, 2.75) is 58.1 Å². The minimum absolute atomic E-state index is 0.000587. The SMILES string of the molecule is CCCC1C(C=O)C(=O)c2c(O)cc(OC(C)CCCc3ccccc3)cc2N1C=O. The van der Waals surface area contributed by atoms with Gasteiger partial charge in [0.15, 0.2) is 5.78 Å². The number of hydrogen-bond acceptors (Lipinski definition) is 5. The van der Waals surface area contributed by atoms with E-state index < -0.39 is 17.7 Å². The number of benzene rings is 2. The molecule has 0 aromatic heterocycles. The van der Waals surface area contributed by atoms with Gasteiger partial charge in [-0.2, -0.15) is 0 Å². The smallest absolute Gasteiger partial charge is 0.214 e. The normalized spacial score (nSPS) is 18.9. The van der Waals surface area contributed by atoms with Crippen molar-refractivity contribution in [1.82, 2.24) is 0 Å². The predicted octanol–water partition coefficient (Wildman–Crippen LogP) is 4.33. The molecule has 6 heteroatoms. The Morgan fingerprint density at radius 3 is 2.58 bits per heavy atom. The van der Waals surface area contributed by atoms with Gasteiger partial charge in [-0.3, -0.25) is 9.59 Å². The van der Waals surface area contributed by atoms with Crippen molar-refractivity contribution >= 4 is 24.2 Å². The fourth-order valence-electron chi connectivity index (χ4n) is 4.24. The van der Waals surface area contributed by atoms with Crippen LogP contribution in [0.2, 0.25) is 0 Å². The van der Waals surface area contributed by atoms with Crippen LogP contribution < -0.4 is 9.64 Å². The highest BCUT2D eigenvalue weighted by Gasteiger charge is 2.41. The minimum Gasteiger partial charge on any atom is -0.507 e. The minimum atomic E-state index is -0.979. The number of carbonyl (C=O) groups excluding carboxylic acids is 3. The van der Waals surface area contributed by atoms with Crippen molar-refractivity contribution < 1.29 is 24.2 Å². The number of phenolic OH excluding ortho intramolecular Hbond substituents is 1.